The van der Waals surface area contributed by atoms with Gasteiger partial charge in [0.2, 0.25) is 0 Å². The second-order valence-corrected chi connectivity index (χ2v) is 7.65. The molecule has 2 aliphatic heterocycles. The van der Waals surface area contributed by atoms with E-state index in [1.807, 2.05) is 47.6 Å². The Morgan fingerprint density at radius 1 is 0.931 bits per heavy atom. The number of hydrogen-bond donors (Lipinski definition) is 0. The van der Waals surface area contributed by atoms with Crippen molar-refractivity contribution in [1.29, 1.82) is 0 Å². The lowest BCUT2D eigenvalue weighted by atomic mass is 10.0. The molecule has 1 amide bonds. The first kappa shape index (κ1) is 17.7. The van der Waals surface area contributed by atoms with E-state index in [1.54, 1.807) is 0 Å². The normalized spacial score (nSPS) is 20.7. The van der Waals surface area contributed by atoms with Crippen molar-refractivity contribution >= 4 is 11.7 Å². The van der Waals surface area contributed by atoms with Gasteiger partial charge >= 0.3 is 0 Å². The number of rotatable bonds is 3. The number of fused-ring (bicyclic) bond motifs is 1. The van der Waals surface area contributed by atoms with Crippen LogP contribution in [0.15, 0.2) is 61.2 Å². The van der Waals surface area contributed by atoms with Crippen LogP contribution in [0.4, 0.5) is 10.2 Å². The van der Waals surface area contributed by atoms with Gasteiger partial charge in [-0.05, 0) is 6.07 Å². The van der Waals surface area contributed by atoms with Crippen LogP contribution >= 0.6 is 0 Å². The summed E-state index contributed by atoms with van der Waals surface area (Å²) in [6, 6.07) is 11.2. The summed E-state index contributed by atoms with van der Waals surface area (Å²) in [4.78, 5) is 29.6. The monoisotopic (exact) mass is 389 g/mol. The summed E-state index contributed by atoms with van der Waals surface area (Å²) in [6.07, 6.45) is 6.17. The van der Waals surface area contributed by atoms with Crippen LogP contribution in [0.25, 0.3) is 11.3 Å². The highest BCUT2D eigenvalue weighted by molar-refractivity contribution is 5.94. The molecule has 0 radical (unpaired) electrons. The Labute approximate surface area is 168 Å². The van der Waals surface area contributed by atoms with Crippen molar-refractivity contribution < 1.29 is 9.18 Å². The van der Waals surface area contributed by atoms with Gasteiger partial charge in [0.05, 0.1) is 29.8 Å². The number of amides is 1. The van der Waals surface area contributed by atoms with Crippen LogP contribution in [0, 0.1) is 17.7 Å². The van der Waals surface area contributed by atoms with Crippen molar-refractivity contribution in [2.45, 2.75) is 0 Å². The van der Waals surface area contributed by atoms with Crippen molar-refractivity contribution in [3.05, 3.63) is 72.6 Å². The van der Waals surface area contributed by atoms with Gasteiger partial charge in [-0.1, -0.05) is 30.3 Å². The summed E-state index contributed by atoms with van der Waals surface area (Å²) in [5.41, 5.74) is 2.21. The van der Waals surface area contributed by atoms with E-state index in [2.05, 4.69) is 19.9 Å². The first-order valence-electron chi connectivity index (χ1n) is 9.69. The predicted octanol–water partition coefficient (Wildman–Crippen LogP) is 2.89. The molecule has 2 unspecified atom stereocenters. The van der Waals surface area contributed by atoms with E-state index in [-0.39, 0.29) is 5.91 Å². The molecule has 0 aliphatic carbocycles. The van der Waals surface area contributed by atoms with E-state index in [9.17, 15) is 9.18 Å². The molecule has 2 fully saturated rings. The largest absolute Gasteiger partial charge is 0.355 e. The zero-order valence-corrected chi connectivity index (χ0v) is 15.8. The number of carbonyl (C=O) groups is 1. The number of pyridine rings is 1. The van der Waals surface area contributed by atoms with Gasteiger partial charge in [0.1, 0.15) is 11.6 Å². The Kier molecular flexibility index (Phi) is 4.42. The first-order chi connectivity index (χ1) is 14.2. The maximum absolute atomic E-state index is 13.4. The molecular formula is C22H20FN5O. The van der Waals surface area contributed by atoms with Crippen molar-refractivity contribution in [2.24, 2.45) is 11.8 Å². The lowest BCUT2D eigenvalue weighted by molar-refractivity contribution is 0.0781. The molecule has 4 heterocycles. The molecule has 2 aromatic heterocycles. The minimum absolute atomic E-state index is 0.148. The molecule has 0 saturated carbocycles. The summed E-state index contributed by atoms with van der Waals surface area (Å²) in [7, 11) is 0. The molecule has 146 valence electrons. The topological polar surface area (TPSA) is 62.2 Å². The van der Waals surface area contributed by atoms with E-state index >= 15 is 0 Å². The molecule has 6 nitrogen and oxygen atoms in total. The number of benzene rings is 1. The SMILES string of the molecule is O=C(c1cncc(F)c1)N1CC2CN(c3cnc(-c4ccccc4)cn3)CC2C1. The Balaban J connectivity index is 1.24. The number of carbonyl (C=O) groups excluding carboxylic acids is 1. The van der Waals surface area contributed by atoms with Gasteiger partial charge in [-0.3, -0.25) is 14.8 Å². The molecule has 29 heavy (non-hydrogen) atoms. The second kappa shape index (κ2) is 7.24. The van der Waals surface area contributed by atoms with Gasteiger partial charge < -0.3 is 9.80 Å². The minimum Gasteiger partial charge on any atom is -0.355 e. The van der Waals surface area contributed by atoms with Gasteiger partial charge in [0.25, 0.3) is 5.91 Å². The Bertz CT molecular complexity index is 1010. The summed E-state index contributed by atoms with van der Waals surface area (Å²) in [5.74, 6) is 1.00. The Morgan fingerprint density at radius 2 is 1.69 bits per heavy atom. The maximum Gasteiger partial charge on any atom is 0.255 e. The van der Waals surface area contributed by atoms with Crippen LogP contribution in [-0.2, 0) is 0 Å². The molecule has 7 heteroatoms. The van der Waals surface area contributed by atoms with Crippen LogP contribution < -0.4 is 4.90 Å². The number of likely N-dealkylation sites (tertiary alicyclic amines) is 1. The van der Waals surface area contributed by atoms with E-state index in [0.717, 1.165) is 36.4 Å². The van der Waals surface area contributed by atoms with Gasteiger partial charge in [-0.2, -0.15) is 0 Å². The lowest BCUT2D eigenvalue weighted by Gasteiger charge is -2.22. The standard InChI is InChI=1S/C22H20FN5O/c23-19-6-16(7-24-8-19)22(29)28-13-17-11-27(12-18(17)14-28)21-10-25-20(9-26-21)15-4-2-1-3-5-15/h1-10,17-18H,11-14H2. The highest BCUT2D eigenvalue weighted by Crippen LogP contribution is 2.34. The van der Waals surface area contributed by atoms with Gasteiger partial charge in [-0.25, -0.2) is 9.37 Å². The lowest BCUT2D eigenvalue weighted by Crippen LogP contribution is -2.33. The molecule has 0 spiro atoms. The predicted molar refractivity (Wildman–Crippen MR) is 107 cm³/mol. The maximum atomic E-state index is 13.4. The molecule has 2 saturated heterocycles. The molecule has 3 aromatic rings. The number of aromatic nitrogens is 3. The molecular weight excluding hydrogens is 369 g/mol. The van der Waals surface area contributed by atoms with Crippen molar-refractivity contribution in [3.8, 4) is 11.3 Å². The third-order valence-electron chi connectivity index (χ3n) is 5.76. The fourth-order valence-corrected chi connectivity index (χ4v) is 4.30. The van der Waals surface area contributed by atoms with Crippen LogP contribution in [0.3, 0.4) is 0 Å². The average Bonchev–Trinajstić information content (AvgIpc) is 3.33. The highest BCUT2D eigenvalue weighted by Gasteiger charge is 2.42. The Morgan fingerprint density at radius 3 is 2.34 bits per heavy atom. The summed E-state index contributed by atoms with van der Waals surface area (Å²) >= 11 is 0. The van der Waals surface area contributed by atoms with Crippen LogP contribution in [0.2, 0.25) is 0 Å². The average molecular weight is 389 g/mol. The molecule has 1 aromatic carbocycles. The molecule has 0 bridgehead atoms. The minimum atomic E-state index is -0.487. The van der Waals surface area contributed by atoms with E-state index < -0.39 is 5.82 Å². The molecule has 0 N–H and O–H groups in total. The molecule has 5 rings (SSSR count). The highest BCUT2D eigenvalue weighted by atomic mass is 19.1. The van der Waals surface area contributed by atoms with Gasteiger partial charge in [0, 0.05) is 49.8 Å². The summed E-state index contributed by atoms with van der Waals surface area (Å²) in [6.45, 7) is 3.03. The molecule has 2 atom stereocenters. The third-order valence-corrected chi connectivity index (χ3v) is 5.76. The van der Waals surface area contributed by atoms with E-state index in [1.165, 1.54) is 12.3 Å². The van der Waals surface area contributed by atoms with Gasteiger partial charge in [0.15, 0.2) is 0 Å². The molecule has 2 aliphatic rings. The van der Waals surface area contributed by atoms with Crippen LogP contribution in [0.1, 0.15) is 10.4 Å². The van der Waals surface area contributed by atoms with Gasteiger partial charge in [-0.15, -0.1) is 0 Å². The van der Waals surface area contributed by atoms with Crippen molar-refractivity contribution in [1.82, 2.24) is 19.9 Å². The third kappa shape index (κ3) is 3.44. The zero-order chi connectivity index (χ0) is 19.8. The van der Waals surface area contributed by atoms with E-state index in [0.29, 0.717) is 30.5 Å². The summed E-state index contributed by atoms with van der Waals surface area (Å²) in [5, 5.41) is 0. The number of halogens is 1. The number of hydrogen-bond acceptors (Lipinski definition) is 5. The quantitative estimate of drug-likeness (QED) is 0.689. The van der Waals surface area contributed by atoms with Crippen molar-refractivity contribution in [2.75, 3.05) is 31.1 Å². The Hall–Kier alpha value is -3.35. The van der Waals surface area contributed by atoms with Crippen LogP contribution in [0.5, 0.6) is 0 Å². The zero-order valence-electron chi connectivity index (χ0n) is 15.8. The second-order valence-electron chi connectivity index (χ2n) is 7.65. The first-order valence-corrected chi connectivity index (χ1v) is 9.69. The van der Waals surface area contributed by atoms with E-state index in [4.69, 9.17) is 0 Å². The van der Waals surface area contributed by atoms with Crippen LogP contribution in [-0.4, -0.2) is 51.9 Å². The van der Waals surface area contributed by atoms with Crippen molar-refractivity contribution in [3.63, 3.8) is 0 Å². The number of anilines is 1. The summed E-state index contributed by atoms with van der Waals surface area (Å²) < 4.78 is 13.4. The fraction of sp³-hybridized carbons (Fsp3) is 0.273. The number of nitrogens with zero attached hydrogens (tertiary/aromatic N) is 5. The smallest absolute Gasteiger partial charge is 0.255 e. The fourth-order valence-electron chi connectivity index (χ4n) is 4.30.